The molecule has 1 atom stereocenters. The monoisotopic (exact) mass is 492 g/mol. The van der Waals surface area contributed by atoms with Gasteiger partial charge in [-0.05, 0) is 55.8 Å². The molecule has 5 aromatic rings. The smallest absolute Gasteiger partial charge is 0.254 e. The quantitative estimate of drug-likeness (QED) is 0.365. The molecule has 0 saturated carbocycles. The number of anilines is 1. The van der Waals surface area contributed by atoms with Gasteiger partial charge in [0.1, 0.15) is 5.75 Å². The van der Waals surface area contributed by atoms with Gasteiger partial charge in [-0.2, -0.15) is 0 Å². The third-order valence-electron chi connectivity index (χ3n) is 7.12. The van der Waals surface area contributed by atoms with Gasteiger partial charge in [-0.3, -0.25) is 4.79 Å². The number of piperazine rings is 1. The molecule has 8 nitrogen and oxygen atoms in total. The van der Waals surface area contributed by atoms with Crippen LogP contribution in [-0.4, -0.2) is 63.2 Å². The Kier molecular flexibility index (Phi) is 5.71. The Bertz CT molecular complexity index is 1610. The lowest BCUT2D eigenvalue weighted by Crippen LogP contribution is -2.54. The Morgan fingerprint density at radius 2 is 1.70 bits per heavy atom. The zero-order chi connectivity index (χ0) is 25.5. The molecule has 37 heavy (non-hydrogen) atoms. The van der Waals surface area contributed by atoms with Gasteiger partial charge in [0.25, 0.3) is 5.91 Å². The number of para-hydroxylation sites is 1. The fourth-order valence-electron chi connectivity index (χ4n) is 5.12. The summed E-state index contributed by atoms with van der Waals surface area (Å²) in [5.41, 5.74) is 4.46. The molecule has 6 rings (SSSR count). The molecule has 1 aliphatic heterocycles. The average Bonchev–Trinajstić information content (AvgIpc) is 3.38. The molecule has 3 aromatic carbocycles. The van der Waals surface area contributed by atoms with Gasteiger partial charge >= 0.3 is 0 Å². The first kappa shape index (κ1) is 23.0. The fourth-order valence-corrected chi connectivity index (χ4v) is 5.12. The maximum atomic E-state index is 13.3. The predicted octanol–water partition coefficient (Wildman–Crippen LogP) is 4.61. The molecule has 0 aliphatic carbocycles. The first-order chi connectivity index (χ1) is 18.0. The number of carbonyl (C=O) groups is 1. The zero-order valence-corrected chi connectivity index (χ0v) is 21.1. The number of amides is 1. The minimum absolute atomic E-state index is 0.00920. The number of aryl methyl sites for hydroxylation is 1. The lowest BCUT2D eigenvalue weighted by atomic mass is 10.1. The average molecular weight is 493 g/mol. The van der Waals surface area contributed by atoms with Gasteiger partial charge in [0.05, 0.1) is 12.6 Å². The van der Waals surface area contributed by atoms with Crippen molar-refractivity contribution in [1.82, 2.24) is 24.5 Å². The van der Waals surface area contributed by atoms with E-state index in [4.69, 9.17) is 9.72 Å². The maximum Gasteiger partial charge on any atom is 0.254 e. The van der Waals surface area contributed by atoms with Crippen LogP contribution in [0.2, 0.25) is 0 Å². The Balaban J connectivity index is 1.39. The van der Waals surface area contributed by atoms with E-state index >= 15 is 0 Å². The van der Waals surface area contributed by atoms with Crippen LogP contribution in [0.25, 0.3) is 27.9 Å². The summed E-state index contributed by atoms with van der Waals surface area (Å²) >= 11 is 0. The number of aromatic nitrogens is 4. The van der Waals surface area contributed by atoms with E-state index in [1.165, 1.54) is 0 Å². The summed E-state index contributed by atoms with van der Waals surface area (Å²) < 4.78 is 7.30. The Labute approximate surface area is 215 Å². The van der Waals surface area contributed by atoms with E-state index in [0.717, 1.165) is 45.2 Å². The molecule has 0 bridgehead atoms. The largest absolute Gasteiger partial charge is 0.497 e. The zero-order valence-electron chi connectivity index (χ0n) is 21.1. The Morgan fingerprint density at radius 1 is 0.946 bits per heavy atom. The highest BCUT2D eigenvalue weighted by Gasteiger charge is 2.31. The maximum absolute atomic E-state index is 13.3. The first-order valence-electron chi connectivity index (χ1n) is 12.4. The molecule has 0 radical (unpaired) electrons. The minimum Gasteiger partial charge on any atom is -0.497 e. The molecule has 1 aliphatic rings. The number of ether oxygens (including phenoxy) is 1. The normalized spacial score (nSPS) is 15.9. The standard InChI is InChI=1S/C29H28N6O2/c1-19-8-4-5-9-23(19)26-31-32-27-24-10-6-7-11-25(24)30-29(35(26)27)33-16-17-34(20(2)18-33)28(36)21-12-14-22(37-3)15-13-21/h4-15,20H,16-18H2,1-3H3. The van der Waals surface area contributed by atoms with Crippen LogP contribution in [0.5, 0.6) is 5.75 Å². The SMILES string of the molecule is COc1ccc(C(=O)N2CCN(c3nc4ccccc4c4nnc(-c5ccccc5C)n34)CC2C)cc1. The lowest BCUT2D eigenvalue weighted by molar-refractivity contribution is 0.0673. The number of fused-ring (bicyclic) bond motifs is 3. The van der Waals surface area contributed by atoms with Crippen molar-refractivity contribution in [2.75, 3.05) is 31.6 Å². The van der Waals surface area contributed by atoms with Gasteiger partial charge in [0, 0.05) is 42.2 Å². The van der Waals surface area contributed by atoms with Crippen LogP contribution >= 0.6 is 0 Å². The number of benzene rings is 3. The number of hydrogen-bond donors (Lipinski definition) is 0. The highest BCUT2D eigenvalue weighted by Crippen LogP contribution is 2.31. The van der Waals surface area contributed by atoms with Crippen molar-refractivity contribution in [3.05, 3.63) is 83.9 Å². The Hall–Kier alpha value is -4.46. The van der Waals surface area contributed by atoms with Crippen molar-refractivity contribution in [1.29, 1.82) is 0 Å². The summed E-state index contributed by atoms with van der Waals surface area (Å²) in [6.45, 7) is 6.05. The molecule has 1 amide bonds. The molecule has 1 saturated heterocycles. The van der Waals surface area contributed by atoms with Gasteiger partial charge in [-0.15, -0.1) is 10.2 Å². The van der Waals surface area contributed by atoms with Crippen molar-refractivity contribution in [3.63, 3.8) is 0 Å². The summed E-state index contributed by atoms with van der Waals surface area (Å²) in [5.74, 6) is 2.32. The second-order valence-electron chi connectivity index (χ2n) is 9.45. The van der Waals surface area contributed by atoms with E-state index in [1.807, 2.05) is 65.6 Å². The van der Waals surface area contributed by atoms with Gasteiger partial charge in [0.15, 0.2) is 11.5 Å². The van der Waals surface area contributed by atoms with Gasteiger partial charge in [0.2, 0.25) is 5.95 Å². The molecule has 1 unspecified atom stereocenters. The van der Waals surface area contributed by atoms with Crippen molar-refractivity contribution in [2.45, 2.75) is 19.9 Å². The van der Waals surface area contributed by atoms with E-state index in [9.17, 15) is 4.79 Å². The summed E-state index contributed by atoms with van der Waals surface area (Å²) in [5, 5.41) is 10.2. The number of nitrogens with zero attached hydrogens (tertiary/aromatic N) is 6. The molecule has 2 aromatic heterocycles. The van der Waals surface area contributed by atoms with E-state index in [2.05, 4.69) is 45.5 Å². The third-order valence-corrected chi connectivity index (χ3v) is 7.12. The van der Waals surface area contributed by atoms with Crippen molar-refractivity contribution in [3.8, 4) is 17.1 Å². The van der Waals surface area contributed by atoms with Crippen LogP contribution in [0.4, 0.5) is 5.95 Å². The number of hydrogen-bond acceptors (Lipinski definition) is 6. The molecule has 0 spiro atoms. The Morgan fingerprint density at radius 3 is 2.46 bits per heavy atom. The van der Waals surface area contributed by atoms with Gasteiger partial charge in [-0.25, -0.2) is 9.38 Å². The highest BCUT2D eigenvalue weighted by atomic mass is 16.5. The first-order valence-corrected chi connectivity index (χ1v) is 12.4. The second-order valence-corrected chi connectivity index (χ2v) is 9.45. The van der Waals surface area contributed by atoms with Crippen molar-refractivity contribution in [2.24, 2.45) is 0 Å². The van der Waals surface area contributed by atoms with Crippen molar-refractivity contribution >= 4 is 28.4 Å². The van der Waals surface area contributed by atoms with E-state index in [-0.39, 0.29) is 11.9 Å². The van der Waals surface area contributed by atoms with Gasteiger partial charge in [-0.1, -0.05) is 36.4 Å². The van der Waals surface area contributed by atoms with Crippen LogP contribution in [0.15, 0.2) is 72.8 Å². The van der Waals surface area contributed by atoms with Crippen LogP contribution in [0.1, 0.15) is 22.8 Å². The van der Waals surface area contributed by atoms with Crippen LogP contribution < -0.4 is 9.64 Å². The highest BCUT2D eigenvalue weighted by molar-refractivity contribution is 5.95. The van der Waals surface area contributed by atoms with Crippen molar-refractivity contribution < 1.29 is 9.53 Å². The van der Waals surface area contributed by atoms with Gasteiger partial charge < -0.3 is 14.5 Å². The van der Waals surface area contributed by atoms with E-state index in [0.29, 0.717) is 25.2 Å². The second kappa shape index (κ2) is 9.20. The van der Waals surface area contributed by atoms with Crippen LogP contribution in [0.3, 0.4) is 0 Å². The number of carbonyl (C=O) groups excluding carboxylic acids is 1. The van der Waals surface area contributed by atoms with E-state index in [1.54, 1.807) is 7.11 Å². The summed E-state index contributed by atoms with van der Waals surface area (Å²) in [6.07, 6.45) is 0. The third kappa shape index (κ3) is 3.94. The molecule has 8 heteroatoms. The summed E-state index contributed by atoms with van der Waals surface area (Å²) in [6, 6.07) is 23.5. The molecule has 3 heterocycles. The molecular weight excluding hydrogens is 464 g/mol. The molecule has 0 N–H and O–H groups in total. The summed E-state index contributed by atoms with van der Waals surface area (Å²) in [4.78, 5) is 22.6. The fraction of sp³-hybridized carbons (Fsp3) is 0.241. The number of rotatable bonds is 4. The minimum atomic E-state index is -0.00920. The molecular formula is C29H28N6O2. The predicted molar refractivity (Wildman–Crippen MR) is 144 cm³/mol. The van der Waals surface area contributed by atoms with E-state index < -0.39 is 0 Å². The van der Waals surface area contributed by atoms with Crippen LogP contribution in [-0.2, 0) is 0 Å². The van der Waals surface area contributed by atoms with Crippen LogP contribution in [0, 0.1) is 6.92 Å². The molecule has 186 valence electrons. The topological polar surface area (TPSA) is 75.9 Å². The summed E-state index contributed by atoms with van der Waals surface area (Å²) in [7, 11) is 1.62. The number of methoxy groups -OCH3 is 1. The lowest BCUT2D eigenvalue weighted by Gasteiger charge is -2.40. The molecule has 1 fully saturated rings.